The van der Waals surface area contributed by atoms with Gasteiger partial charge in [-0.1, -0.05) is 24.3 Å². The van der Waals surface area contributed by atoms with Crippen LogP contribution in [0.1, 0.15) is 61.1 Å². The minimum atomic E-state index is -4.88. The minimum Gasteiger partial charge on any atom is -0.374 e. The maximum atomic E-state index is 13.8. The Morgan fingerprint density at radius 2 is 1.59 bits per heavy atom. The van der Waals surface area contributed by atoms with Crippen molar-refractivity contribution < 1.29 is 44.3 Å². The summed E-state index contributed by atoms with van der Waals surface area (Å²) < 4.78 is 109. The molecular formula is C38H41F6N9O4S. The second-order valence-corrected chi connectivity index (χ2v) is 16.7. The van der Waals surface area contributed by atoms with Gasteiger partial charge >= 0.3 is 12.4 Å². The van der Waals surface area contributed by atoms with Gasteiger partial charge in [-0.3, -0.25) is 24.5 Å². The molecule has 0 saturated carbocycles. The standard InChI is InChI=1S/C38H41F6N9O4S/c39-37(40,41)23-52-22-27(19-46-52)34-31(38(42,43)44)20-45-36(50-34)48-29-12-16-53(17-13-29)58(56,57)30-3-1-2-24(18-30)21-51-14-10-26(11-15-51)25-4-6-28(7-5-25)47-32-8-9-33(54)49-35(32)55/h1-7,18-20,22,26,29,32,47H,8-17,21,23H2,(H,45,48,50)(H,49,54,55). The number of hydrogen-bond donors (Lipinski definition) is 3. The van der Waals surface area contributed by atoms with Gasteiger partial charge in [0.05, 0.1) is 16.8 Å². The molecule has 2 amide bonds. The van der Waals surface area contributed by atoms with E-state index in [0.29, 0.717) is 49.0 Å². The molecule has 4 aromatic rings. The van der Waals surface area contributed by atoms with Gasteiger partial charge < -0.3 is 10.6 Å². The van der Waals surface area contributed by atoms with Gasteiger partial charge in [-0.05, 0) is 86.5 Å². The summed E-state index contributed by atoms with van der Waals surface area (Å²) in [5.74, 6) is -0.398. The van der Waals surface area contributed by atoms with E-state index in [1.54, 1.807) is 18.2 Å². The van der Waals surface area contributed by atoms with Gasteiger partial charge in [0.2, 0.25) is 27.8 Å². The molecule has 0 aliphatic carbocycles. The van der Waals surface area contributed by atoms with Gasteiger partial charge in [0.15, 0.2) is 0 Å². The molecule has 20 heteroatoms. The number of sulfonamides is 1. The summed E-state index contributed by atoms with van der Waals surface area (Å²) in [5.41, 5.74) is 0.749. The summed E-state index contributed by atoms with van der Waals surface area (Å²) in [6.45, 7) is 1.00. The zero-order valence-corrected chi connectivity index (χ0v) is 31.9. The van der Waals surface area contributed by atoms with Gasteiger partial charge in [-0.25, -0.2) is 18.4 Å². The molecule has 2 aromatic heterocycles. The van der Waals surface area contributed by atoms with E-state index in [1.165, 1.54) is 9.87 Å². The number of rotatable bonds is 11. The van der Waals surface area contributed by atoms with E-state index in [1.807, 2.05) is 18.2 Å². The second kappa shape index (κ2) is 16.6. The molecular weight excluding hydrogens is 793 g/mol. The highest BCUT2D eigenvalue weighted by molar-refractivity contribution is 7.89. The molecule has 5 heterocycles. The Balaban J connectivity index is 0.912. The molecule has 3 aliphatic heterocycles. The lowest BCUT2D eigenvalue weighted by Gasteiger charge is -2.33. The monoisotopic (exact) mass is 833 g/mol. The molecule has 3 aliphatic rings. The van der Waals surface area contributed by atoms with E-state index >= 15 is 0 Å². The lowest BCUT2D eigenvalue weighted by molar-refractivity contribution is -0.142. The Morgan fingerprint density at radius 1 is 0.862 bits per heavy atom. The zero-order chi connectivity index (χ0) is 41.2. The van der Waals surface area contributed by atoms with Crippen LogP contribution in [0.15, 0.2) is 72.0 Å². The molecule has 3 N–H and O–H groups in total. The molecule has 13 nitrogen and oxygen atoms in total. The third-order valence-electron chi connectivity index (χ3n) is 10.6. The fraction of sp³-hybridized carbons (Fsp3) is 0.447. The van der Waals surface area contributed by atoms with E-state index < -0.39 is 46.2 Å². The molecule has 0 spiro atoms. The number of piperidine rings is 3. The number of anilines is 2. The molecule has 3 saturated heterocycles. The van der Waals surface area contributed by atoms with Gasteiger partial charge in [-0.15, -0.1) is 0 Å². The average Bonchev–Trinajstić information content (AvgIpc) is 3.63. The van der Waals surface area contributed by atoms with E-state index in [-0.39, 0.29) is 47.4 Å². The molecule has 1 unspecified atom stereocenters. The summed E-state index contributed by atoms with van der Waals surface area (Å²) in [4.78, 5) is 33.8. The van der Waals surface area contributed by atoms with Crippen molar-refractivity contribution in [3.05, 3.63) is 83.8 Å². The highest BCUT2D eigenvalue weighted by Crippen LogP contribution is 2.37. The Labute approximate surface area is 330 Å². The molecule has 58 heavy (non-hydrogen) atoms. The smallest absolute Gasteiger partial charge is 0.374 e. The number of carbonyl (C=O) groups is 2. The number of imide groups is 1. The number of nitrogens with one attached hydrogen (secondary N) is 3. The number of amides is 2. The van der Waals surface area contributed by atoms with Gasteiger partial charge in [-0.2, -0.15) is 35.7 Å². The highest BCUT2D eigenvalue weighted by Gasteiger charge is 2.37. The van der Waals surface area contributed by atoms with Crippen molar-refractivity contribution in [2.24, 2.45) is 0 Å². The highest BCUT2D eigenvalue weighted by atomic mass is 32.2. The van der Waals surface area contributed by atoms with Gasteiger partial charge in [0.1, 0.15) is 18.2 Å². The van der Waals surface area contributed by atoms with Crippen molar-refractivity contribution >= 4 is 33.5 Å². The SMILES string of the molecule is O=C1CCC(Nc2ccc(C3CCN(Cc4cccc(S(=O)(=O)N5CCC(Nc6ncc(C(F)(F)F)c(-c7cnn(CC(F)(F)F)c7)n6)CC5)c4)CC3)cc2)C(=O)N1. The summed E-state index contributed by atoms with van der Waals surface area (Å²) in [6.07, 6.45) is -4.03. The predicted octanol–water partition coefficient (Wildman–Crippen LogP) is 5.78. The number of carbonyl (C=O) groups excluding carboxylic acids is 2. The van der Waals surface area contributed by atoms with Crippen molar-refractivity contribution in [2.45, 2.75) is 86.9 Å². The number of likely N-dealkylation sites (tertiary alicyclic amines) is 1. The summed E-state index contributed by atoms with van der Waals surface area (Å²) in [7, 11) is -3.86. The van der Waals surface area contributed by atoms with Crippen molar-refractivity contribution in [3.8, 4) is 11.3 Å². The number of halogens is 6. The fourth-order valence-corrected chi connectivity index (χ4v) is 9.12. The van der Waals surface area contributed by atoms with Crippen molar-refractivity contribution in [1.29, 1.82) is 0 Å². The zero-order valence-electron chi connectivity index (χ0n) is 31.1. The number of aromatic nitrogens is 4. The maximum absolute atomic E-state index is 13.8. The van der Waals surface area contributed by atoms with Crippen LogP contribution in [0, 0.1) is 0 Å². The Morgan fingerprint density at radius 3 is 2.26 bits per heavy atom. The van der Waals surface area contributed by atoms with Crippen LogP contribution in [0.4, 0.5) is 38.0 Å². The fourth-order valence-electron chi connectivity index (χ4n) is 7.58. The number of alkyl halides is 6. The Kier molecular flexibility index (Phi) is 11.8. The third-order valence-corrected chi connectivity index (χ3v) is 12.5. The number of hydrogen-bond acceptors (Lipinski definition) is 10. The first-order valence-corrected chi connectivity index (χ1v) is 20.3. The number of benzene rings is 2. The van der Waals surface area contributed by atoms with Gasteiger partial charge in [0, 0.05) is 55.7 Å². The lowest BCUT2D eigenvalue weighted by atomic mass is 9.89. The first kappa shape index (κ1) is 41.1. The average molecular weight is 834 g/mol. The Hall–Kier alpha value is -5.08. The first-order chi connectivity index (χ1) is 27.5. The van der Waals surface area contributed by atoms with Crippen molar-refractivity contribution in [1.82, 2.24) is 34.3 Å². The van der Waals surface area contributed by atoms with Crippen molar-refractivity contribution in [2.75, 3.05) is 36.8 Å². The van der Waals surface area contributed by atoms with Crippen LogP contribution in [0.25, 0.3) is 11.3 Å². The van der Waals surface area contributed by atoms with E-state index in [4.69, 9.17) is 0 Å². The molecule has 310 valence electrons. The van der Waals surface area contributed by atoms with Gasteiger partial charge in [0.25, 0.3) is 0 Å². The quantitative estimate of drug-likeness (QED) is 0.125. The Bertz CT molecular complexity index is 2220. The van der Waals surface area contributed by atoms with Crippen LogP contribution in [0.3, 0.4) is 0 Å². The van der Waals surface area contributed by atoms with Crippen LogP contribution in [-0.4, -0.2) is 93.6 Å². The normalized spacial score (nSPS) is 19.6. The van der Waals surface area contributed by atoms with Crippen LogP contribution in [-0.2, 0) is 38.9 Å². The molecule has 7 rings (SSSR count). The third kappa shape index (κ3) is 9.95. The molecule has 1 atom stereocenters. The number of nitrogens with zero attached hydrogens (tertiary/aromatic N) is 6. The largest absolute Gasteiger partial charge is 0.419 e. The van der Waals surface area contributed by atoms with E-state index in [0.717, 1.165) is 49.6 Å². The van der Waals surface area contributed by atoms with Crippen LogP contribution in [0.5, 0.6) is 0 Å². The second-order valence-electron chi connectivity index (χ2n) is 14.8. The first-order valence-electron chi connectivity index (χ1n) is 18.8. The lowest BCUT2D eigenvalue weighted by Crippen LogP contribution is -2.47. The molecule has 2 aromatic carbocycles. The summed E-state index contributed by atoms with van der Waals surface area (Å²) in [5, 5.41) is 12.1. The maximum Gasteiger partial charge on any atom is 0.419 e. The van der Waals surface area contributed by atoms with Crippen LogP contribution < -0.4 is 16.0 Å². The molecule has 3 fully saturated rings. The minimum absolute atomic E-state index is 0.128. The van der Waals surface area contributed by atoms with Crippen LogP contribution >= 0.6 is 0 Å². The topological polar surface area (TPSA) is 154 Å². The summed E-state index contributed by atoms with van der Waals surface area (Å²) in [6, 6.07) is 14.1. The molecule has 0 radical (unpaired) electrons. The van der Waals surface area contributed by atoms with Crippen molar-refractivity contribution in [3.63, 3.8) is 0 Å². The van der Waals surface area contributed by atoms with E-state index in [2.05, 4.69) is 48.0 Å². The molecule has 0 bridgehead atoms. The summed E-state index contributed by atoms with van der Waals surface area (Å²) >= 11 is 0. The van der Waals surface area contributed by atoms with Crippen LogP contribution in [0.2, 0.25) is 0 Å². The van der Waals surface area contributed by atoms with E-state index in [9.17, 15) is 44.3 Å². The predicted molar refractivity (Wildman–Crippen MR) is 200 cm³/mol.